The number of nitrogens with one attached hydrogen (secondary N) is 1. The summed E-state index contributed by atoms with van der Waals surface area (Å²) in [6, 6.07) is 7.96. The van der Waals surface area contributed by atoms with Crippen molar-refractivity contribution in [3.63, 3.8) is 0 Å². The Hall–Kier alpha value is -1.96. The molecule has 0 saturated carbocycles. The second-order valence-corrected chi connectivity index (χ2v) is 7.23. The van der Waals surface area contributed by atoms with E-state index in [9.17, 15) is 5.11 Å². The number of ether oxygens (including phenoxy) is 1. The summed E-state index contributed by atoms with van der Waals surface area (Å²) >= 11 is 5.61. The summed E-state index contributed by atoms with van der Waals surface area (Å²) < 4.78 is 10.4. The first-order chi connectivity index (χ1) is 12.6. The summed E-state index contributed by atoms with van der Waals surface area (Å²) in [5.41, 5.74) is 1.16. The fourth-order valence-electron chi connectivity index (χ4n) is 3.34. The molecule has 26 heavy (non-hydrogen) atoms. The van der Waals surface area contributed by atoms with Gasteiger partial charge in [0.05, 0.1) is 6.54 Å². The molecular weight excluding hydrogens is 348 g/mol. The minimum Gasteiger partial charge on any atom is -0.486 e. The van der Waals surface area contributed by atoms with Crippen LogP contribution in [0.15, 0.2) is 36.9 Å². The van der Waals surface area contributed by atoms with Gasteiger partial charge in [-0.15, -0.1) is 11.7 Å². The maximum Gasteiger partial charge on any atom is 0.203 e. The van der Waals surface area contributed by atoms with Crippen LogP contribution in [0.3, 0.4) is 0 Å². The van der Waals surface area contributed by atoms with Gasteiger partial charge in [-0.2, -0.15) is 4.68 Å². The van der Waals surface area contributed by atoms with Crippen molar-refractivity contribution in [2.75, 3.05) is 13.1 Å². The monoisotopic (exact) mass is 375 g/mol. The summed E-state index contributed by atoms with van der Waals surface area (Å²) in [7, 11) is 0. The van der Waals surface area contributed by atoms with Crippen LogP contribution in [-0.2, 0) is 19.8 Å². The van der Waals surface area contributed by atoms with Gasteiger partial charge in [-0.1, -0.05) is 18.2 Å². The lowest BCUT2D eigenvalue weighted by atomic mass is 10.1. The van der Waals surface area contributed by atoms with Gasteiger partial charge in [0.15, 0.2) is 12.5 Å². The van der Waals surface area contributed by atoms with Gasteiger partial charge in [-0.05, 0) is 49.7 Å². The van der Waals surface area contributed by atoms with Crippen LogP contribution >= 0.6 is 12.2 Å². The van der Waals surface area contributed by atoms with Gasteiger partial charge in [0.25, 0.3) is 0 Å². The third kappa shape index (κ3) is 4.60. The number of aromatic nitrogens is 3. The number of aliphatic hydroxyl groups excluding tert-OH is 1. The third-order valence-corrected chi connectivity index (χ3v) is 5.07. The van der Waals surface area contributed by atoms with Gasteiger partial charge in [0.1, 0.15) is 25.0 Å². The van der Waals surface area contributed by atoms with Crippen molar-refractivity contribution in [3.05, 3.63) is 53.1 Å². The van der Waals surface area contributed by atoms with Crippen LogP contribution < -0.4 is 9.64 Å². The van der Waals surface area contributed by atoms with E-state index in [1.807, 2.05) is 46.5 Å². The number of hydrogen-bond donors (Lipinski definition) is 2. The van der Waals surface area contributed by atoms with Gasteiger partial charge in [0.2, 0.25) is 4.77 Å². The lowest BCUT2D eigenvalue weighted by molar-refractivity contribution is -0.931. The molecule has 6 nitrogen and oxygen atoms in total. The van der Waals surface area contributed by atoms with Crippen molar-refractivity contribution in [1.29, 1.82) is 0 Å². The molecule has 1 fully saturated rings. The van der Waals surface area contributed by atoms with Crippen molar-refractivity contribution >= 4 is 12.2 Å². The number of rotatable bonds is 7. The molecule has 0 spiro atoms. The fraction of sp³-hybridized carbons (Fsp3) is 0.474. The highest BCUT2D eigenvalue weighted by molar-refractivity contribution is 7.71. The standard InChI is InChI=1S/C19H26N4O2S/c1-3-9-22-18(13-25-17-8-4-6-15(2)11-17)20-23(19(22)26)14-21-10-5-7-16(24)12-21/h3-4,6,8,11,16,24H,1,5,7,9-10,12-14H2,2H3/p+1/t16-/m1/s1. The highest BCUT2D eigenvalue weighted by Crippen LogP contribution is 2.14. The second-order valence-electron chi connectivity index (χ2n) is 6.86. The van der Waals surface area contributed by atoms with Crippen LogP contribution in [0.25, 0.3) is 0 Å². The highest BCUT2D eigenvalue weighted by Gasteiger charge is 2.22. The smallest absolute Gasteiger partial charge is 0.203 e. The fourth-order valence-corrected chi connectivity index (χ4v) is 3.63. The molecule has 1 aromatic carbocycles. The molecule has 7 heteroatoms. The zero-order chi connectivity index (χ0) is 18.5. The SMILES string of the molecule is C=CCn1c(COc2cccc(C)c2)nn(C[NH+]2CCC[C@@H](O)C2)c1=S. The normalized spacial score (nSPS) is 20.1. The number of quaternary nitrogens is 1. The first-order valence-corrected chi connectivity index (χ1v) is 9.46. The number of benzene rings is 1. The molecule has 140 valence electrons. The summed E-state index contributed by atoms with van der Waals surface area (Å²) in [6.07, 6.45) is 3.50. The van der Waals surface area contributed by atoms with E-state index in [-0.39, 0.29) is 6.10 Å². The number of aliphatic hydroxyl groups is 1. The largest absolute Gasteiger partial charge is 0.486 e. The number of nitrogens with zero attached hydrogens (tertiary/aromatic N) is 3. The maximum atomic E-state index is 9.89. The first kappa shape index (κ1) is 18.8. The van der Waals surface area contributed by atoms with Crippen molar-refractivity contribution in [1.82, 2.24) is 14.3 Å². The average molecular weight is 376 g/mol. The molecule has 2 atom stereocenters. The Morgan fingerprint density at radius 3 is 3.08 bits per heavy atom. The summed E-state index contributed by atoms with van der Waals surface area (Å²) in [5, 5.41) is 14.6. The molecule has 2 aromatic rings. The molecule has 1 saturated heterocycles. The number of likely N-dealkylation sites (tertiary alicyclic amines) is 1. The first-order valence-electron chi connectivity index (χ1n) is 9.05. The van der Waals surface area contributed by atoms with E-state index in [0.717, 1.165) is 43.1 Å². The van der Waals surface area contributed by atoms with E-state index in [1.54, 1.807) is 0 Å². The zero-order valence-electron chi connectivity index (χ0n) is 15.2. The Morgan fingerprint density at radius 2 is 2.35 bits per heavy atom. The van der Waals surface area contributed by atoms with Crippen molar-refractivity contribution in [2.24, 2.45) is 0 Å². The Kier molecular flexibility index (Phi) is 6.24. The molecule has 0 bridgehead atoms. The molecule has 2 heterocycles. The third-order valence-electron chi connectivity index (χ3n) is 4.63. The Bertz CT molecular complexity index is 814. The quantitative estimate of drug-likeness (QED) is 0.569. The average Bonchev–Trinajstić information content (AvgIpc) is 2.89. The van der Waals surface area contributed by atoms with Crippen LogP contribution in [0.5, 0.6) is 5.75 Å². The van der Waals surface area contributed by atoms with Crippen molar-refractivity contribution < 1.29 is 14.7 Å². The van der Waals surface area contributed by atoms with E-state index in [0.29, 0.717) is 24.6 Å². The lowest BCUT2D eigenvalue weighted by Crippen LogP contribution is -3.13. The van der Waals surface area contributed by atoms with Gasteiger partial charge >= 0.3 is 0 Å². The molecule has 0 aliphatic carbocycles. The number of hydrogen-bond acceptors (Lipinski definition) is 4. The molecule has 1 aliphatic heterocycles. The predicted octanol–water partition coefficient (Wildman–Crippen LogP) is 1.48. The Morgan fingerprint density at radius 1 is 1.50 bits per heavy atom. The molecule has 0 radical (unpaired) electrons. The highest BCUT2D eigenvalue weighted by atomic mass is 32.1. The molecule has 2 N–H and O–H groups in total. The van der Waals surface area contributed by atoms with Crippen LogP contribution in [0.2, 0.25) is 0 Å². The Balaban J connectivity index is 1.76. The van der Waals surface area contributed by atoms with E-state index in [1.165, 1.54) is 4.90 Å². The minimum absolute atomic E-state index is 0.229. The minimum atomic E-state index is -0.229. The molecule has 3 rings (SSSR count). The molecule has 1 aromatic heterocycles. The zero-order valence-corrected chi connectivity index (χ0v) is 16.0. The molecular formula is C19H27N4O2S+. The molecule has 1 aliphatic rings. The molecule has 1 unspecified atom stereocenters. The van der Waals surface area contributed by atoms with Crippen LogP contribution in [-0.4, -0.2) is 38.6 Å². The van der Waals surface area contributed by atoms with Gasteiger partial charge in [-0.3, -0.25) is 4.57 Å². The summed E-state index contributed by atoms with van der Waals surface area (Å²) in [6.45, 7) is 9.25. The number of aryl methyl sites for hydroxylation is 1. The van der Waals surface area contributed by atoms with Crippen molar-refractivity contribution in [2.45, 2.75) is 45.7 Å². The maximum absolute atomic E-state index is 9.89. The number of piperidine rings is 1. The van der Waals surface area contributed by atoms with E-state index in [2.05, 4.69) is 11.7 Å². The summed E-state index contributed by atoms with van der Waals surface area (Å²) in [4.78, 5) is 1.30. The van der Waals surface area contributed by atoms with Crippen molar-refractivity contribution in [3.8, 4) is 5.75 Å². The number of allylic oxidation sites excluding steroid dienone is 1. The second kappa shape index (κ2) is 8.62. The van der Waals surface area contributed by atoms with E-state index in [4.69, 9.17) is 17.0 Å². The van der Waals surface area contributed by atoms with Crippen LogP contribution in [0, 0.1) is 11.7 Å². The Labute approximate surface area is 159 Å². The van der Waals surface area contributed by atoms with Gasteiger partial charge in [0, 0.05) is 6.54 Å². The summed E-state index contributed by atoms with van der Waals surface area (Å²) in [5.74, 6) is 1.61. The van der Waals surface area contributed by atoms with E-state index >= 15 is 0 Å². The topological polar surface area (TPSA) is 56.7 Å². The van der Waals surface area contributed by atoms with Gasteiger partial charge < -0.3 is 14.7 Å². The van der Waals surface area contributed by atoms with Crippen LogP contribution in [0.1, 0.15) is 24.2 Å². The van der Waals surface area contributed by atoms with Gasteiger partial charge in [-0.25, -0.2) is 0 Å². The van der Waals surface area contributed by atoms with Crippen LogP contribution in [0.4, 0.5) is 0 Å². The lowest BCUT2D eigenvalue weighted by Gasteiger charge is -2.26. The molecule has 0 amide bonds. The van der Waals surface area contributed by atoms with E-state index < -0.39 is 0 Å². The predicted molar refractivity (Wildman–Crippen MR) is 103 cm³/mol.